The third-order valence-electron chi connectivity index (χ3n) is 6.74. The minimum Gasteiger partial charge on any atom is -0.483 e. The highest BCUT2D eigenvalue weighted by Crippen LogP contribution is 2.61. The molecule has 4 aliphatic carbocycles. The summed E-state index contributed by atoms with van der Waals surface area (Å²) in [4.78, 5) is 24.5. The van der Waals surface area contributed by atoms with Crippen molar-refractivity contribution in [1.82, 2.24) is 10.9 Å². The summed E-state index contributed by atoms with van der Waals surface area (Å²) in [7, 11) is 0. The van der Waals surface area contributed by atoms with Gasteiger partial charge in [0, 0.05) is 6.42 Å². The van der Waals surface area contributed by atoms with Crippen LogP contribution >= 0.6 is 0 Å². The van der Waals surface area contributed by atoms with Crippen LogP contribution < -0.4 is 15.6 Å². The first-order valence-electron chi connectivity index (χ1n) is 10.2. The summed E-state index contributed by atoms with van der Waals surface area (Å²) in [6.07, 6.45) is 8.21. The highest BCUT2D eigenvalue weighted by Gasteiger charge is 2.51. The van der Waals surface area contributed by atoms with Crippen molar-refractivity contribution in [1.29, 1.82) is 0 Å². The van der Waals surface area contributed by atoms with Crippen LogP contribution in [0.25, 0.3) is 0 Å². The molecule has 5 heteroatoms. The molecule has 0 radical (unpaired) electrons. The fourth-order valence-electron chi connectivity index (χ4n) is 6.07. The summed E-state index contributed by atoms with van der Waals surface area (Å²) in [6, 6.07) is 5.89. The zero-order valence-corrected chi connectivity index (χ0v) is 16.3. The quantitative estimate of drug-likeness (QED) is 0.780. The molecule has 1 aromatic carbocycles. The van der Waals surface area contributed by atoms with Crippen LogP contribution in [0.3, 0.4) is 0 Å². The monoisotopic (exact) mass is 370 g/mol. The van der Waals surface area contributed by atoms with E-state index in [1.54, 1.807) is 0 Å². The van der Waals surface area contributed by atoms with Gasteiger partial charge in [0.05, 0.1) is 0 Å². The molecule has 0 saturated heterocycles. The third kappa shape index (κ3) is 4.12. The molecule has 1 aromatic rings. The van der Waals surface area contributed by atoms with Crippen molar-refractivity contribution in [3.63, 3.8) is 0 Å². The van der Waals surface area contributed by atoms with Crippen molar-refractivity contribution in [3.05, 3.63) is 29.3 Å². The molecule has 4 saturated carbocycles. The highest BCUT2D eigenvalue weighted by atomic mass is 16.5. The average molecular weight is 370 g/mol. The van der Waals surface area contributed by atoms with Crippen LogP contribution in [0.2, 0.25) is 0 Å². The van der Waals surface area contributed by atoms with Gasteiger partial charge in [0.1, 0.15) is 5.75 Å². The summed E-state index contributed by atoms with van der Waals surface area (Å²) in [5.74, 6) is 2.76. The lowest BCUT2D eigenvalue weighted by molar-refractivity contribution is -0.134. The Hall–Kier alpha value is -2.04. The van der Waals surface area contributed by atoms with Crippen LogP contribution in [0.1, 0.15) is 56.1 Å². The van der Waals surface area contributed by atoms with Gasteiger partial charge >= 0.3 is 0 Å². The van der Waals surface area contributed by atoms with Crippen molar-refractivity contribution >= 4 is 11.8 Å². The normalized spacial score (nSPS) is 30.8. The van der Waals surface area contributed by atoms with Crippen molar-refractivity contribution in [2.45, 2.75) is 58.8 Å². The van der Waals surface area contributed by atoms with Crippen LogP contribution in [0.15, 0.2) is 18.2 Å². The molecular formula is C22H30N2O3. The molecule has 27 heavy (non-hydrogen) atoms. The molecule has 0 aliphatic heterocycles. The molecular weight excluding hydrogens is 340 g/mol. The smallest absolute Gasteiger partial charge is 0.276 e. The zero-order chi connectivity index (χ0) is 19.0. The zero-order valence-electron chi connectivity index (χ0n) is 16.3. The number of hydrogen-bond acceptors (Lipinski definition) is 3. The molecule has 4 fully saturated rings. The van der Waals surface area contributed by atoms with Crippen LogP contribution in [0.5, 0.6) is 5.75 Å². The minimum atomic E-state index is -0.338. The van der Waals surface area contributed by atoms with Crippen LogP contribution in [0, 0.1) is 37.0 Å². The molecule has 5 nitrogen and oxygen atoms in total. The first-order valence-corrected chi connectivity index (χ1v) is 10.2. The van der Waals surface area contributed by atoms with E-state index in [4.69, 9.17) is 4.74 Å². The summed E-state index contributed by atoms with van der Waals surface area (Å²) in [5.41, 5.74) is 7.35. The standard InChI is InChI=1S/C22H30N2O3/c1-14-3-4-15(2)19(5-14)27-13-21(26)24-23-20(25)12-22-9-16-6-17(10-22)8-18(7-16)11-22/h3-5,16-18H,6-13H2,1-2H3,(H,23,25)(H,24,26). The molecule has 2 amide bonds. The first kappa shape index (κ1) is 18.3. The molecule has 0 atom stereocenters. The Morgan fingerprint density at radius 2 is 1.59 bits per heavy atom. The highest BCUT2D eigenvalue weighted by molar-refractivity contribution is 5.83. The Labute approximate surface area is 161 Å². The topological polar surface area (TPSA) is 67.4 Å². The van der Waals surface area contributed by atoms with Gasteiger partial charge in [0.15, 0.2) is 6.61 Å². The third-order valence-corrected chi connectivity index (χ3v) is 6.74. The second-order valence-electron chi connectivity index (χ2n) is 9.25. The van der Waals surface area contributed by atoms with E-state index >= 15 is 0 Å². The lowest BCUT2D eigenvalue weighted by Gasteiger charge is -2.56. The fourth-order valence-corrected chi connectivity index (χ4v) is 6.07. The second kappa shape index (κ2) is 7.17. The molecule has 0 spiro atoms. The van der Waals surface area contributed by atoms with Gasteiger partial charge < -0.3 is 4.74 Å². The largest absolute Gasteiger partial charge is 0.483 e. The summed E-state index contributed by atoms with van der Waals surface area (Å²) in [5, 5.41) is 0. The maximum absolute atomic E-state index is 12.4. The number of carbonyl (C=O) groups is 2. The second-order valence-corrected chi connectivity index (χ2v) is 9.25. The van der Waals surface area contributed by atoms with Gasteiger partial charge in [-0.05, 0) is 92.7 Å². The predicted octanol–water partition coefficient (Wildman–Crippen LogP) is 3.44. The Morgan fingerprint density at radius 3 is 2.22 bits per heavy atom. The number of ether oxygens (including phenoxy) is 1. The maximum atomic E-state index is 12.4. The van der Waals surface area contributed by atoms with Crippen molar-refractivity contribution in [2.24, 2.45) is 23.2 Å². The number of rotatable bonds is 5. The Morgan fingerprint density at radius 1 is 1.00 bits per heavy atom. The predicted molar refractivity (Wildman–Crippen MR) is 103 cm³/mol. The minimum absolute atomic E-state index is 0.0722. The van der Waals surface area contributed by atoms with E-state index in [-0.39, 0.29) is 23.8 Å². The summed E-state index contributed by atoms with van der Waals surface area (Å²) in [6.45, 7) is 3.82. The molecule has 5 rings (SSSR count). The lowest BCUT2D eigenvalue weighted by atomic mass is 9.49. The van der Waals surface area contributed by atoms with Gasteiger partial charge in [-0.2, -0.15) is 0 Å². The van der Waals surface area contributed by atoms with Crippen molar-refractivity contribution < 1.29 is 14.3 Å². The molecule has 4 aliphatic rings. The molecule has 146 valence electrons. The SMILES string of the molecule is Cc1ccc(C)c(OCC(=O)NNC(=O)CC23CC4CC(CC(C4)C2)C3)c1. The summed E-state index contributed by atoms with van der Waals surface area (Å²) >= 11 is 0. The van der Waals surface area contributed by atoms with Gasteiger partial charge in [-0.3, -0.25) is 20.4 Å². The Bertz CT molecular complexity index is 708. The number of carbonyl (C=O) groups excluding carboxylic acids is 2. The number of aryl methyl sites for hydroxylation is 2. The van der Waals surface area contributed by atoms with Crippen LogP contribution in [-0.2, 0) is 9.59 Å². The molecule has 0 unspecified atom stereocenters. The van der Waals surface area contributed by atoms with Crippen LogP contribution in [-0.4, -0.2) is 18.4 Å². The Balaban J connectivity index is 1.23. The van der Waals surface area contributed by atoms with Gasteiger partial charge in [0.2, 0.25) is 5.91 Å². The van der Waals surface area contributed by atoms with Crippen molar-refractivity contribution in [2.75, 3.05) is 6.61 Å². The number of nitrogens with one attached hydrogen (secondary N) is 2. The van der Waals surface area contributed by atoms with E-state index < -0.39 is 0 Å². The maximum Gasteiger partial charge on any atom is 0.276 e. The van der Waals surface area contributed by atoms with Crippen molar-refractivity contribution in [3.8, 4) is 5.75 Å². The molecule has 2 N–H and O–H groups in total. The molecule has 0 heterocycles. The van der Waals surface area contributed by atoms with E-state index in [1.807, 2.05) is 32.0 Å². The van der Waals surface area contributed by atoms with E-state index in [9.17, 15) is 9.59 Å². The van der Waals surface area contributed by atoms with Crippen LogP contribution in [0.4, 0.5) is 0 Å². The van der Waals surface area contributed by atoms with Gasteiger partial charge in [-0.25, -0.2) is 0 Å². The lowest BCUT2D eigenvalue weighted by Crippen LogP contribution is -2.50. The Kier molecular flexibility index (Phi) is 4.87. The molecule has 4 bridgehead atoms. The van der Waals surface area contributed by atoms with Gasteiger partial charge in [0.25, 0.3) is 5.91 Å². The van der Waals surface area contributed by atoms with E-state index in [2.05, 4.69) is 10.9 Å². The molecule has 0 aromatic heterocycles. The number of benzene rings is 1. The average Bonchev–Trinajstić information content (AvgIpc) is 2.59. The summed E-state index contributed by atoms with van der Waals surface area (Å²) < 4.78 is 5.58. The van der Waals surface area contributed by atoms with Gasteiger partial charge in [-0.15, -0.1) is 0 Å². The van der Waals surface area contributed by atoms with E-state index in [0.29, 0.717) is 12.2 Å². The fraction of sp³-hybridized carbons (Fsp3) is 0.636. The van der Waals surface area contributed by atoms with E-state index in [0.717, 1.165) is 28.9 Å². The first-order chi connectivity index (χ1) is 12.9. The number of amides is 2. The van der Waals surface area contributed by atoms with Gasteiger partial charge in [-0.1, -0.05) is 12.1 Å². The van der Waals surface area contributed by atoms with E-state index in [1.165, 1.54) is 38.5 Å². The number of hydrogen-bond donors (Lipinski definition) is 2. The number of hydrazine groups is 1.